The molecule has 0 aromatic heterocycles. The molecule has 10 N–H and O–H groups in total. The molecule has 8 rings (SSSR count). The van der Waals surface area contributed by atoms with Gasteiger partial charge in [0.05, 0.1) is 76.7 Å². The van der Waals surface area contributed by atoms with Gasteiger partial charge in [0.2, 0.25) is 0 Å². The van der Waals surface area contributed by atoms with Crippen molar-refractivity contribution in [1.29, 1.82) is 0 Å². The number of esters is 1. The summed E-state index contributed by atoms with van der Waals surface area (Å²) in [4.78, 5) is 47.7. The molecule has 4 atom stereocenters. The van der Waals surface area contributed by atoms with Gasteiger partial charge in [0, 0.05) is 61.7 Å². The van der Waals surface area contributed by atoms with Gasteiger partial charge in [-0.3, -0.25) is 19.3 Å². The number of nitrogens with one attached hydrogen (secondary N) is 2. The Bertz CT molecular complexity index is 2500. The minimum absolute atomic E-state index is 0.0257. The lowest BCUT2D eigenvalue weighted by Crippen LogP contribution is -2.40. The van der Waals surface area contributed by atoms with E-state index in [1.165, 1.54) is 0 Å². The van der Waals surface area contributed by atoms with Gasteiger partial charge in [-0.15, -0.1) is 0 Å². The summed E-state index contributed by atoms with van der Waals surface area (Å²) in [6, 6.07) is 28.1. The second kappa shape index (κ2) is 35.8. The molecule has 436 valence electrons. The van der Waals surface area contributed by atoms with Crippen LogP contribution in [-0.4, -0.2) is 184 Å². The third-order valence-electron chi connectivity index (χ3n) is 12.6. The molecule has 0 radical (unpaired) electrons. The molecule has 0 spiro atoms. The van der Waals surface area contributed by atoms with Gasteiger partial charge in [0.15, 0.2) is 0 Å². The van der Waals surface area contributed by atoms with Gasteiger partial charge in [-0.05, 0) is 117 Å². The number of aliphatic hydroxyl groups is 2. The second-order valence-corrected chi connectivity index (χ2v) is 19.6. The molecule has 4 unspecified atom stereocenters. The second-order valence-electron chi connectivity index (χ2n) is 19.6. The molecule has 0 aliphatic carbocycles. The van der Waals surface area contributed by atoms with Crippen LogP contribution in [0.4, 0.5) is 5.69 Å². The first-order valence-electron chi connectivity index (χ1n) is 27.2. The van der Waals surface area contributed by atoms with Gasteiger partial charge in [0.25, 0.3) is 18.3 Å². The van der Waals surface area contributed by atoms with Crippen LogP contribution in [0.25, 0.3) is 0 Å². The Morgan fingerprint density at radius 1 is 0.667 bits per heavy atom. The van der Waals surface area contributed by atoms with Crippen molar-refractivity contribution in [3.63, 3.8) is 0 Å². The van der Waals surface area contributed by atoms with E-state index in [4.69, 9.17) is 74.1 Å². The summed E-state index contributed by atoms with van der Waals surface area (Å²) in [5.41, 5.74) is 22.6. The SMILES string of the molecule is C=C(C)C(=O)OCCCCC1COB(c2ccc(OC=O)cc2)O1.CC1COB(c2ccc(C(=O)NC(CO)CO)cc2)O1.CC1COB(c2ccc(C(=O)NCCN(CCN)CCN)cc2)O1.CC1COB(c2ccc(N)cc2)O1. The Hall–Kier alpha value is -5.96. The number of hydrogen-bond acceptors (Lipinski definition) is 20. The molecule has 0 saturated carbocycles. The van der Waals surface area contributed by atoms with Gasteiger partial charge in [0.1, 0.15) is 5.75 Å². The lowest BCUT2D eigenvalue weighted by atomic mass is 9.79. The predicted octanol–water partition coefficient (Wildman–Crippen LogP) is -0.312. The fourth-order valence-corrected chi connectivity index (χ4v) is 8.14. The normalized spacial score (nSPS) is 18.3. The lowest BCUT2D eigenvalue weighted by Gasteiger charge is -2.20. The summed E-state index contributed by atoms with van der Waals surface area (Å²) < 4.78 is 54.4. The van der Waals surface area contributed by atoms with Crippen molar-refractivity contribution in [3.8, 4) is 5.75 Å². The quantitative estimate of drug-likeness (QED) is 0.0118. The molecule has 26 heteroatoms. The first kappa shape index (κ1) is 65.8. The Labute approximate surface area is 476 Å². The van der Waals surface area contributed by atoms with Crippen LogP contribution in [0.3, 0.4) is 0 Å². The third kappa shape index (κ3) is 23.1. The van der Waals surface area contributed by atoms with E-state index in [1.807, 2.05) is 69.3 Å². The summed E-state index contributed by atoms with van der Waals surface area (Å²) in [6.45, 7) is 17.6. The number of nitrogens with zero attached hydrogens (tertiary/aromatic N) is 1. The molecule has 4 saturated heterocycles. The number of carbonyl (C=O) groups excluding carboxylic acids is 4. The standard InChI is InChI=1S/C17H21BO6.C16H27BN4O3.C13H18BNO5.C9H12BNO2/c1-13(2)17(20)21-10-4-3-5-16-11-23-18(24-16)14-6-8-15(9-7-14)22-12-19;1-13-12-23-17(24-13)15-4-2-14(3-5-15)16(22)20-8-11-21(9-6-18)10-7-19;1-9-8-19-14(20-9)11-4-2-10(3-5-11)13(18)15-12(6-16)7-17;1-7-6-12-10(13-7)8-2-4-9(11)5-3-8/h6-9,12,16H,1,3-5,10-11H2,2H3;2-5,13H,6-12,18-19H2,1H3,(H,20,22);2-5,9,12,16-17H,6-8H2,1H3,(H,15,18);2-5,7H,6,11H2,1H3. The fraction of sp³-hybridized carbons (Fsp3) is 0.455. The smallest absolute Gasteiger partial charge is 0.462 e. The average Bonchev–Trinajstić information content (AvgIpc) is 4.35. The van der Waals surface area contributed by atoms with E-state index in [0.29, 0.717) is 81.6 Å². The van der Waals surface area contributed by atoms with Crippen LogP contribution in [0.1, 0.15) is 67.7 Å². The average molecular weight is 1120 g/mol. The number of benzene rings is 4. The third-order valence-corrected chi connectivity index (χ3v) is 12.6. The molecule has 0 bridgehead atoms. The lowest BCUT2D eigenvalue weighted by molar-refractivity contribution is -0.139. The van der Waals surface area contributed by atoms with E-state index in [-0.39, 0.29) is 76.8 Å². The van der Waals surface area contributed by atoms with Crippen LogP contribution in [0.2, 0.25) is 0 Å². The number of nitrogen functional groups attached to an aromatic ring is 1. The molecular weight excluding hydrogens is 1040 g/mol. The number of ether oxygens (including phenoxy) is 2. The summed E-state index contributed by atoms with van der Waals surface area (Å²) in [6.07, 6.45) is 2.88. The Morgan fingerprint density at radius 2 is 1.11 bits per heavy atom. The molecule has 4 heterocycles. The number of hydrogen-bond donors (Lipinski definition) is 7. The van der Waals surface area contributed by atoms with E-state index in [1.54, 1.807) is 55.5 Å². The fourth-order valence-electron chi connectivity index (χ4n) is 8.14. The maximum atomic E-state index is 12.2. The number of anilines is 1. The van der Waals surface area contributed by atoms with Gasteiger partial charge in [-0.25, -0.2) is 4.79 Å². The zero-order valence-corrected chi connectivity index (χ0v) is 46.8. The van der Waals surface area contributed by atoms with Crippen molar-refractivity contribution in [2.45, 2.75) is 77.4 Å². The van der Waals surface area contributed by atoms with Crippen LogP contribution in [0, 0.1) is 0 Å². The van der Waals surface area contributed by atoms with Gasteiger partial charge in [-0.2, -0.15) is 0 Å². The summed E-state index contributed by atoms with van der Waals surface area (Å²) >= 11 is 0. The van der Waals surface area contributed by atoms with Crippen LogP contribution >= 0.6 is 0 Å². The molecule has 4 aromatic rings. The van der Waals surface area contributed by atoms with E-state index < -0.39 is 13.2 Å². The summed E-state index contributed by atoms with van der Waals surface area (Å²) in [5, 5.41) is 23.3. The Balaban J connectivity index is 0.000000202. The Kier molecular flexibility index (Phi) is 29.1. The minimum atomic E-state index is -0.649. The van der Waals surface area contributed by atoms with Crippen molar-refractivity contribution < 1.29 is 76.1 Å². The monoisotopic (exact) mass is 1120 g/mol. The van der Waals surface area contributed by atoms with E-state index in [9.17, 15) is 19.2 Å². The first-order valence-corrected chi connectivity index (χ1v) is 27.2. The maximum Gasteiger partial charge on any atom is 0.494 e. The number of amides is 2. The summed E-state index contributed by atoms with van der Waals surface area (Å²) in [7, 11) is -1.33. The molecule has 4 fully saturated rings. The number of aliphatic hydroxyl groups excluding tert-OH is 2. The van der Waals surface area contributed by atoms with Crippen LogP contribution in [-0.2, 0) is 51.6 Å². The zero-order chi connectivity index (χ0) is 58.5. The van der Waals surface area contributed by atoms with Crippen LogP contribution < -0.4 is 54.4 Å². The number of rotatable bonds is 24. The highest BCUT2D eigenvalue weighted by molar-refractivity contribution is 6.63. The van der Waals surface area contributed by atoms with Crippen molar-refractivity contribution in [2.24, 2.45) is 11.5 Å². The van der Waals surface area contributed by atoms with Crippen molar-refractivity contribution in [1.82, 2.24) is 15.5 Å². The molecule has 4 aliphatic rings. The zero-order valence-electron chi connectivity index (χ0n) is 46.8. The highest BCUT2D eigenvalue weighted by Crippen LogP contribution is 2.17. The topological polar surface area (TPSA) is 306 Å². The van der Waals surface area contributed by atoms with E-state index in [2.05, 4.69) is 22.1 Å². The molecule has 22 nitrogen and oxygen atoms in total. The van der Waals surface area contributed by atoms with Crippen molar-refractivity contribution in [3.05, 3.63) is 120 Å². The van der Waals surface area contributed by atoms with Crippen molar-refractivity contribution in [2.75, 3.05) is 91.3 Å². The van der Waals surface area contributed by atoms with E-state index >= 15 is 0 Å². The Morgan fingerprint density at radius 3 is 1.54 bits per heavy atom. The largest absolute Gasteiger partial charge is 0.494 e. The van der Waals surface area contributed by atoms with E-state index in [0.717, 1.165) is 66.4 Å². The van der Waals surface area contributed by atoms with Crippen LogP contribution in [0.5, 0.6) is 5.75 Å². The van der Waals surface area contributed by atoms with Crippen molar-refractivity contribution >= 4 is 80.3 Å². The highest BCUT2D eigenvalue weighted by atomic mass is 16.7. The molecule has 81 heavy (non-hydrogen) atoms. The van der Waals surface area contributed by atoms with Gasteiger partial charge >= 0.3 is 34.4 Å². The molecule has 4 aromatic carbocycles. The number of unbranched alkanes of at least 4 members (excludes halogenated alkanes) is 1. The molecule has 2 amide bonds. The predicted molar refractivity (Wildman–Crippen MR) is 311 cm³/mol. The van der Waals surface area contributed by atoms with Gasteiger partial charge in [-0.1, -0.05) is 55.1 Å². The number of nitrogens with two attached hydrogens (primary N) is 3. The summed E-state index contributed by atoms with van der Waals surface area (Å²) in [5.74, 6) is -0.306. The van der Waals surface area contributed by atoms with Gasteiger partial charge < -0.3 is 84.8 Å². The molecular formula is C55H78B4N6O16. The highest BCUT2D eigenvalue weighted by Gasteiger charge is 2.34. The maximum absolute atomic E-state index is 12.2. The molecule has 4 aliphatic heterocycles. The first-order chi connectivity index (χ1) is 39.1. The number of carbonyl (C=O) groups is 4. The van der Waals surface area contributed by atoms with Crippen LogP contribution in [0.15, 0.2) is 109 Å². The minimum Gasteiger partial charge on any atom is -0.462 e.